The smallest absolute Gasteiger partial charge is 0.0340 e. The van der Waals surface area contributed by atoms with Crippen molar-refractivity contribution in [2.45, 2.75) is 32.0 Å². The Morgan fingerprint density at radius 3 is 2.90 bits per heavy atom. The molecule has 1 aliphatic heterocycles. The molecule has 3 rings (SSSR count). The monoisotopic (exact) mass is 344 g/mol. The highest BCUT2D eigenvalue weighted by Crippen LogP contribution is 2.27. The molecule has 21 heavy (non-hydrogen) atoms. The molecule has 0 amide bonds. The Bertz CT molecular complexity index is 612. The normalized spacial score (nSPS) is 19.6. The Morgan fingerprint density at radius 2 is 2.05 bits per heavy atom. The van der Waals surface area contributed by atoms with Crippen LogP contribution in [0.1, 0.15) is 42.1 Å². The molecule has 2 atom stereocenters. The van der Waals surface area contributed by atoms with E-state index in [-0.39, 0.29) is 0 Å². The standard InChI is InChI=1S/C18H21BrN2/c1-13(14-6-4-7-16(19)11-14)21-18-9-10-20-12-15-5-2-3-8-17(15)18/h2-8,11,13,18,20-21H,9-10,12H2,1H3/t13-,18?/m0/s1. The lowest BCUT2D eigenvalue weighted by molar-refractivity contribution is 0.443. The van der Waals surface area contributed by atoms with Crippen LogP contribution in [0, 0.1) is 0 Å². The molecule has 2 N–H and O–H groups in total. The molecular formula is C18H21BrN2. The van der Waals surface area contributed by atoms with Gasteiger partial charge in [0.2, 0.25) is 0 Å². The van der Waals surface area contributed by atoms with Gasteiger partial charge in [0, 0.05) is 23.1 Å². The zero-order valence-electron chi connectivity index (χ0n) is 12.3. The highest BCUT2D eigenvalue weighted by atomic mass is 79.9. The van der Waals surface area contributed by atoms with Crippen molar-refractivity contribution < 1.29 is 0 Å². The van der Waals surface area contributed by atoms with Crippen LogP contribution >= 0.6 is 15.9 Å². The van der Waals surface area contributed by atoms with Crippen LogP contribution in [0.25, 0.3) is 0 Å². The van der Waals surface area contributed by atoms with E-state index in [0.29, 0.717) is 12.1 Å². The molecule has 0 spiro atoms. The summed E-state index contributed by atoms with van der Waals surface area (Å²) in [6.07, 6.45) is 1.12. The molecular weight excluding hydrogens is 324 g/mol. The first-order valence-electron chi connectivity index (χ1n) is 7.54. The first-order chi connectivity index (χ1) is 10.2. The van der Waals surface area contributed by atoms with Crippen molar-refractivity contribution in [1.29, 1.82) is 0 Å². The van der Waals surface area contributed by atoms with Crippen LogP contribution in [0.5, 0.6) is 0 Å². The highest BCUT2D eigenvalue weighted by Gasteiger charge is 2.20. The molecule has 1 aliphatic rings. The number of rotatable bonds is 3. The van der Waals surface area contributed by atoms with E-state index in [1.807, 2.05) is 0 Å². The van der Waals surface area contributed by atoms with Crippen LogP contribution in [-0.2, 0) is 6.54 Å². The van der Waals surface area contributed by atoms with Crippen molar-refractivity contribution in [2.75, 3.05) is 6.54 Å². The summed E-state index contributed by atoms with van der Waals surface area (Å²) in [6, 6.07) is 18.0. The van der Waals surface area contributed by atoms with Crippen LogP contribution in [0.2, 0.25) is 0 Å². The van der Waals surface area contributed by atoms with Gasteiger partial charge in [-0.3, -0.25) is 0 Å². The van der Waals surface area contributed by atoms with Crippen molar-refractivity contribution >= 4 is 15.9 Å². The minimum Gasteiger partial charge on any atom is -0.313 e. The predicted octanol–water partition coefficient (Wildman–Crippen LogP) is 4.33. The number of halogens is 1. The molecule has 110 valence electrons. The lowest BCUT2D eigenvalue weighted by Crippen LogP contribution is -2.26. The molecule has 0 aliphatic carbocycles. The maximum Gasteiger partial charge on any atom is 0.0340 e. The first-order valence-corrected chi connectivity index (χ1v) is 8.33. The van der Waals surface area contributed by atoms with Gasteiger partial charge < -0.3 is 10.6 Å². The van der Waals surface area contributed by atoms with Crippen molar-refractivity contribution in [3.8, 4) is 0 Å². The van der Waals surface area contributed by atoms with Gasteiger partial charge >= 0.3 is 0 Å². The number of benzene rings is 2. The molecule has 0 bridgehead atoms. The fraction of sp³-hybridized carbons (Fsp3) is 0.333. The zero-order chi connectivity index (χ0) is 14.7. The summed E-state index contributed by atoms with van der Waals surface area (Å²) in [5, 5.41) is 7.31. The molecule has 0 aromatic heterocycles. The maximum atomic E-state index is 3.80. The van der Waals surface area contributed by atoms with Crippen LogP contribution in [0.4, 0.5) is 0 Å². The second-order valence-corrected chi connectivity index (χ2v) is 6.58. The third-order valence-electron chi connectivity index (χ3n) is 4.16. The van der Waals surface area contributed by atoms with E-state index in [1.165, 1.54) is 16.7 Å². The highest BCUT2D eigenvalue weighted by molar-refractivity contribution is 9.10. The SMILES string of the molecule is C[C@H](NC1CCNCc2ccccc21)c1cccc(Br)c1. The number of hydrogen-bond acceptors (Lipinski definition) is 2. The topological polar surface area (TPSA) is 24.1 Å². The minimum atomic E-state index is 0.332. The van der Waals surface area contributed by atoms with E-state index in [4.69, 9.17) is 0 Å². The summed E-state index contributed by atoms with van der Waals surface area (Å²) in [5.74, 6) is 0. The van der Waals surface area contributed by atoms with E-state index in [2.05, 4.69) is 82.0 Å². The second-order valence-electron chi connectivity index (χ2n) is 5.66. The van der Waals surface area contributed by atoms with Gasteiger partial charge in [0.05, 0.1) is 0 Å². The van der Waals surface area contributed by atoms with Gasteiger partial charge in [-0.25, -0.2) is 0 Å². The van der Waals surface area contributed by atoms with E-state index >= 15 is 0 Å². The third kappa shape index (κ3) is 3.54. The third-order valence-corrected chi connectivity index (χ3v) is 4.65. The number of nitrogens with one attached hydrogen (secondary N) is 2. The predicted molar refractivity (Wildman–Crippen MR) is 91.2 cm³/mol. The van der Waals surface area contributed by atoms with Crippen LogP contribution in [-0.4, -0.2) is 6.54 Å². The van der Waals surface area contributed by atoms with Crippen molar-refractivity contribution in [3.05, 3.63) is 69.7 Å². The van der Waals surface area contributed by atoms with Gasteiger partial charge in [-0.05, 0) is 48.7 Å². The van der Waals surface area contributed by atoms with Crippen molar-refractivity contribution in [1.82, 2.24) is 10.6 Å². The minimum absolute atomic E-state index is 0.332. The van der Waals surface area contributed by atoms with Gasteiger partial charge in [0.1, 0.15) is 0 Å². The van der Waals surface area contributed by atoms with Crippen molar-refractivity contribution in [2.24, 2.45) is 0 Å². The largest absolute Gasteiger partial charge is 0.313 e. The molecule has 2 nitrogen and oxygen atoms in total. The first kappa shape index (κ1) is 14.8. The van der Waals surface area contributed by atoms with Gasteiger partial charge in [-0.15, -0.1) is 0 Å². The van der Waals surface area contributed by atoms with Gasteiger partial charge in [-0.1, -0.05) is 52.3 Å². The molecule has 1 unspecified atom stereocenters. The molecule has 0 saturated carbocycles. The fourth-order valence-corrected chi connectivity index (χ4v) is 3.42. The number of fused-ring (bicyclic) bond motifs is 1. The molecule has 2 aromatic rings. The zero-order valence-corrected chi connectivity index (χ0v) is 13.9. The molecule has 3 heteroatoms. The van der Waals surface area contributed by atoms with E-state index in [1.54, 1.807) is 0 Å². The summed E-state index contributed by atoms with van der Waals surface area (Å²) < 4.78 is 1.14. The summed E-state index contributed by atoms with van der Waals surface area (Å²) >= 11 is 3.56. The molecule has 2 aromatic carbocycles. The summed E-state index contributed by atoms with van der Waals surface area (Å²) in [5.41, 5.74) is 4.16. The lowest BCUT2D eigenvalue weighted by Gasteiger charge is -2.24. The Hall–Kier alpha value is -1.16. The van der Waals surface area contributed by atoms with Crippen LogP contribution < -0.4 is 10.6 Å². The van der Waals surface area contributed by atoms with Crippen LogP contribution in [0.15, 0.2) is 53.0 Å². The quantitative estimate of drug-likeness (QED) is 0.865. The average molecular weight is 345 g/mol. The summed E-state index contributed by atoms with van der Waals surface area (Å²) in [6.45, 7) is 4.26. The molecule has 1 heterocycles. The average Bonchev–Trinajstić information content (AvgIpc) is 2.70. The molecule has 0 saturated heterocycles. The fourth-order valence-electron chi connectivity index (χ4n) is 3.01. The van der Waals surface area contributed by atoms with Gasteiger partial charge in [0.25, 0.3) is 0 Å². The van der Waals surface area contributed by atoms with Crippen LogP contribution in [0.3, 0.4) is 0 Å². The molecule has 0 radical (unpaired) electrons. The Kier molecular flexibility index (Phi) is 4.73. The van der Waals surface area contributed by atoms with Gasteiger partial charge in [0.15, 0.2) is 0 Å². The second kappa shape index (κ2) is 6.73. The van der Waals surface area contributed by atoms with E-state index in [0.717, 1.165) is 24.0 Å². The van der Waals surface area contributed by atoms with Crippen molar-refractivity contribution in [3.63, 3.8) is 0 Å². The van der Waals surface area contributed by atoms with E-state index in [9.17, 15) is 0 Å². The Balaban J connectivity index is 1.81. The molecule has 0 fully saturated rings. The lowest BCUT2D eigenvalue weighted by atomic mass is 9.97. The van der Waals surface area contributed by atoms with Gasteiger partial charge in [-0.2, -0.15) is 0 Å². The Morgan fingerprint density at radius 1 is 1.19 bits per heavy atom. The maximum absolute atomic E-state index is 3.80. The summed E-state index contributed by atoms with van der Waals surface area (Å²) in [7, 11) is 0. The Labute approximate surface area is 135 Å². The van der Waals surface area contributed by atoms with E-state index < -0.39 is 0 Å². The number of hydrogen-bond donors (Lipinski definition) is 2. The summed E-state index contributed by atoms with van der Waals surface area (Å²) in [4.78, 5) is 0.